The molecule has 2 aromatic heterocycles. The van der Waals surface area contributed by atoms with Crippen LogP contribution in [0.5, 0.6) is 5.75 Å². The Bertz CT molecular complexity index is 933. The van der Waals surface area contributed by atoms with Crippen molar-refractivity contribution in [2.24, 2.45) is 5.92 Å². The van der Waals surface area contributed by atoms with E-state index in [0.29, 0.717) is 28.3 Å². The molecule has 4 rings (SSSR count). The van der Waals surface area contributed by atoms with Crippen LogP contribution in [0.15, 0.2) is 30.6 Å². The molecular weight excluding hydrogens is 320 g/mol. The number of aliphatic hydroxyl groups is 2. The third-order valence-electron chi connectivity index (χ3n) is 4.75. The van der Waals surface area contributed by atoms with Crippen LogP contribution in [0.3, 0.4) is 0 Å². The number of nitrogen functional groups attached to an aromatic ring is 1. The number of ether oxygens (including phenoxy) is 1. The molecule has 130 valence electrons. The highest BCUT2D eigenvalue weighted by Crippen LogP contribution is 2.43. The quantitative estimate of drug-likeness (QED) is 0.655. The lowest BCUT2D eigenvalue weighted by Gasteiger charge is -2.09. The molecular formula is C18H20N4O3. The highest BCUT2D eigenvalue weighted by molar-refractivity contribution is 5.88. The molecule has 0 aliphatic heterocycles. The van der Waals surface area contributed by atoms with Crippen molar-refractivity contribution in [2.75, 3.05) is 12.8 Å². The molecule has 25 heavy (non-hydrogen) atoms. The van der Waals surface area contributed by atoms with Gasteiger partial charge in [-0.25, -0.2) is 9.50 Å². The van der Waals surface area contributed by atoms with Gasteiger partial charge in [-0.1, -0.05) is 12.1 Å². The Hall–Kier alpha value is -2.64. The van der Waals surface area contributed by atoms with Crippen molar-refractivity contribution in [3.05, 3.63) is 41.9 Å². The fraction of sp³-hybridized carbons (Fsp3) is 0.333. The molecule has 0 unspecified atom stereocenters. The second kappa shape index (κ2) is 6.02. The molecule has 0 radical (unpaired) electrons. The summed E-state index contributed by atoms with van der Waals surface area (Å²) in [4.78, 5) is 4.10. The summed E-state index contributed by atoms with van der Waals surface area (Å²) in [6, 6.07) is 7.47. The first-order valence-electron chi connectivity index (χ1n) is 8.22. The first-order chi connectivity index (χ1) is 12.1. The van der Waals surface area contributed by atoms with Gasteiger partial charge in [0.1, 0.15) is 17.6 Å². The van der Waals surface area contributed by atoms with Crippen molar-refractivity contribution < 1.29 is 14.9 Å². The van der Waals surface area contributed by atoms with Crippen LogP contribution in [-0.4, -0.2) is 31.9 Å². The largest absolute Gasteiger partial charge is 0.496 e. The minimum atomic E-state index is -0.575. The SMILES string of the molecule is COc1cc(-c2cc([C@H](O)C3CC3)n3ncnc(N)c23)ccc1CO. The Balaban J connectivity index is 1.92. The molecule has 3 aromatic rings. The predicted octanol–water partition coefficient (Wildman–Crippen LogP) is 1.92. The molecule has 0 spiro atoms. The maximum Gasteiger partial charge on any atom is 0.151 e. The number of anilines is 1. The first-order valence-corrected chi connectivity index (χ1v) is 8.22. The number of aliphatic hydroxyl groups excluding tert-OH is 2. The third kappa shape index (κ3) is 2.61. The van der Waals surface area contributed by atoms with Crippen molar-refractivity contribution in [1.29, 1.82) is 0 Å². The minimum Gasteiger partial charge on any atom is -0.496 e. The summed E-state index contributed by atoms with van der Waals surface area (Å²) in [7, 11) is 1.57. The number of methoxy groups -OCH3 is 1. The normalized spacial score (nSPS) is 15.5. The lowest BCUT2D eigenvalue weighted by molar-refractivity contribution is 0.147. The van der Waals surface area contributed by atoms with Crippen LogP contribution in [0, 0.1) is 5.92 Å². The number of benzene rings is 1. The topological polar surface area (TPSA) is 106 Å². The number of hydrogen-bond donors (Lipinski definition) is 3. The van der Waals surface area contributed by atoms with Crippen LogP contribution >= 0.6 is 0 Å². The van der Waals surface area contributed by atoms with E-state index in [4.69, 9.17) is 10.5 Å². The van der Waals surface area contributed by atoms with E-state index in [1.807, 2.05) is 24.3 Å². The first kappa shape index (κ1) is 15.9. The van der Waals surface area contributed by atoms with E-state index >= 15 is 0 Å². The monoisotopic (exact) mass is 340 g/mol. The van der Waals surface area contributed by atoms with Crippen LogP contribution in [-0.2, 0) is 6.61 Å². The molecule has 1 atom stereocenters. The van der Waals surface area contributed by atoms with E-state index in [1.165, 1.54) is 6.33 Å². The lowest BCUT2D eigenvalue weighted by Crippen LogP contribution is -2.07. The van der Waals surface area contributed by atoms with E-state index in [1.54, 1.807) is 11.6 Å². The predicted molar refractivity (Wildman–Crippen MR) is 93.0 cm³/mol. The van der Waals surface area contributed by atoms with E-state index in [0.717, 1.165) is 24.0 Å². The smallest absolute Gasteiger partial charge is 0.151 e. The molecule has 1 saturated carbocycles. The maximum atomic E-state index is 10.6. The highest BCUT2D eigenvalue weighted by Gasteiger charge is 2.33. The Labute approximate surface area is 144 Å². The maximum absolute atomic E-state index is 10.6. The van der Waals surface area contributed by atoms with Gasteiger partial charge in [0, 0.05) is 11.1 Å². The summed E-state index contributed by atoms with van der Waals surface area (Å²) in [5, 5.41) is 24.3. The lowest BCUT2D eigenvalue weighted by atomic mass is 10.0. The van der Waals surface area contributed by atoms with Crippen LogP contribution in [0.1, 0.15) is 30.2 Å². The van der Waals surface area contributed by atoms with Crippen molar-refractivity contribution in [3.8, 4) is 16.9 Å². The number of hydrogen-bond acceptors (Lipinski definition) is 6. The van der Waals surface area contributed by atoms with Crippen molar-refractivity contribution in [2.45, 2.75) is 25.6 Å². The van der Waals surface area contributed by atoms with Crippen molar-refractivity contribution >= 4 is 11.3 Å². The molecule has 0 saturated heterocycles. The number of nitrogens with two attached hydrogens (primary N) is 1. The molecule has 7 heteroatoms. The highest BCUT2D eigenvalue weighted by atomic mass is 16.5. The van der Waals surface area contributed by atoms with Gasteiger partial charge in [-0.3, -0.25) is 0 Å². The molecule has 1 aliphatic carbocycles. The zero-order valence-electron chi connectivity index (χ0n) is 13.9. The Kier molecular flexibility index (Phi) is 3.82. The van der Waals surface area contributed by atoms with Crippen molar-refractivity contribution in [1.82, 2.24) is 14.6 Å². The summed E-state index contributed by atoms with van der Waals surface area (Å²) in [5.41, 5.74) is 9.88. The van der Waals surface area contributed by atoms with Gasteiger partial charge < -0.3 is 20.7 Å². The molecule has 1 fully saturated rings. The average Bonchev–Trinajstić information content (AvgIpc) is 3.41. The second-order valence-corrected chi connectivity index (χ2v) is 6.36. The van der Waals surface area contributed by atoms with Gasteiger partial charge in [-0.15, -0.1) is 0 Å². The van der Waals surface area contributed by atoms with Gasteiger partial charge in [-0.2, -0.15) is 5.10 Å². The molecule has 4 N–H and O–H groups in total. The molecule has 1 aliphatic rings. The number of fused-ring (bicyclic) bond motifs is 1. The minimum absolute atomic E-state index is 0.100. The van der Waals surface area contributed by atoms with Crippen LogP contribution in [0.4, 0.5) is 5.82 Å². The molecule has 1 aromatic carbocycles. The van der Waals surface area contributed by atoms with Gasteiger partial charge in [0.15, 0.2) is 5.82 Å². The van der Waals surface area contributed by atoms with Crippen LogP contribution < -0.4 is 10.5 Å². The fourth-order valence-electron chi connectivity index (χ4n) is 3.22. The second-order valence-electron chi connectivity index (χ2n) is 6.36. The molecule has 0 bridgehead atoms. The zero-order chi connectivity index (χ0) is 17.6. The Morgan fingerprint density at radius 1 is 1.36 bits per heavy atom. The summed E-state index contributed by atoms with van der Waals surface area (Å²) >= 11 is 0. The van der Waals surface area contributed by atoms with Crippen molar-refractivity contribution in [3.63, 3.8) is 0 Å². The summed E-state index contributed by atoms with van der Waals surface area (Å²) in [5.74, 6) is 1.22. The molecule has 0 amide bonds. The number of nitrogens with zero attached hydrogens (tertiary/aromatic N) is 3. The van der Waals surface area contributed by atoms with Gasteiger partial charge in [0.05, 0.1) is 25.5 Å². The van der Waals surface area contributed by atoms with E-state index in [9.17, 15) is 10.2 Å². The van der Waals surface area contributed by atoms with Crippen LogP contribution in [0.25, 0.3) is 16.6 Å². The van der Waals surface area contributed by atoms with E-state index in [2.05, 4.69) is 10.1 Å². The van der Waals surface area contributed by atoms with E-state index < -0.39 is 6.10 Å². The zero-order valence-corrected chi connectivity index (χ0v) is 13.9. The summed E-state index contributed by atoms with van der Waals surface area (Å²) in [6.45, 7) is -0.100. The number of aromatic nitrogens is 3. The van der Waals surface area contributed by atoms with Gasteiger partial charge in [0.25, 0.3) is 0 Å². The molecule has 7 nitrogen and oxygen atoms in total. The summed E-state index contributed by atoms with van der Waals surface area (Å²) in [6.07, 6.45) is 2.85. The average molecular weight is 340 g/mol. The third-order valence-corrected chi connectivity index (χ3v) is 4.75. The standard InChI is InChI=1S/C18H20N4O3/c1-25-15-6-11(4-5-12(15)8-23)13-7-14(17(24)10-2-3-10)22-16(13)18(19)20-9-21-22/h4-7,9-10,17,23-24H,2-3,8H2,1H3,(H2,19,20,21)/t17-/m1/s1. The fourth-order valence-corrected chi connectivity index (χ4v) is 3.22. The van der Waals surface area contributed by atoms with E-state index in [-0.39, 0.29) is 12.5 Å². The van der Waals surface area contributed by atoms with Gasteiger partial charge in [-0.05, 0) is 36.5 Å². The van der Waals surface area contributed by atoms with Gasteiger partial charge in [0.2, 0.25) is 0 Å². The summed E-state index contributed by atoms with van der Waals surface area (Å²) < 4.78 is 7.04. The van der Waals surface area contributed by atoms with Crippen LogP contribution in [0.2, 0.25) is 0 Å². The Morgan fingerprint density at radius 3 is 2.84 bits per heavy atom. The van der Waals surface area contributed by atoms with Gasteiger partial charge >= 0.3 is 0 Å². The number of rotatable bonds is 5. The Morgan fingerprint density at radius 2 is 2.16 bits per heavy atom. The molecule has 2 heterocycles.